The van der Waals surface area contributed by atoms with Crippen molar-refractivity contribution in [3.05, 3.63) is 0 Å². The molecule has 0 fully saturated rings. The van der Waals surface area contributed by atoms with E-state index in [0.717, 1.165) is 19.4 Å². The maximum absolute atomic E-state index is 11.2. The molecule has 0 rings (SSSR count). The van der Waals surface area contributed by atoms with Crippen LogP contribution in [-0.2, 0) is 4.79 Å². The molecule has 0 spiro atoms. The highest BCUT2D eigenvalue weighted by atomic mass is 127. The first-order valence-corrected chi connectivity index (χ1v) is 9.16. The highest BCUT2D eigenvalue weighted by Crippen LogP contribution is 2.10. The van der Waals surface area contributed by atoms with E-state index in [4.69, 9.17) is 0 Å². The molecule has 0 aliphatic carbocycles. The molecule has 3 heteroatoms. The standard InChI is InChI=1S/C15H30INO/c1-2-12-15(18)17-14-11-9-7-5-3-4-6-8-10-13-16/h2-14H2,1H3,(H,17,18). The molecule has 1 N–H and O–H groups in total. The van der Waals surface area contributed by atoms with Crippen molar-refractivity contribution in [3.63, 3.8) is 0 Å². The third-order valence-electron chi connectivity index (χ3n) is 3.11. The Labute approximate surface area is 127 Å². The van der Waals surface area contributed by atoms with Gasteiger partial charge in [-0.25, -0.2) is 0 Å². The number of carbonyl (C=O) groups excluding carboxylic acids is 1. The highest BCUT2D eigenvalue weighted by Gasteiger charge is 1.97. The first-order valence-electron chi connectivity index (χ1n) is 7.64. The SMILES string of the molecule is CCCC(=O)NCCCCCCCCCCCI. The van der Waals surface area contributed by atoms with Gasteiger partial charge in [0.15, 0.2) is 0 Å². The van der Waals surface area contributed by atoms with Crippen LogP contribution in [0.1, 0.15) is 77.6 Å². The Hall–Kier alpha value is 0.200. The fourth-order valence-corrected chi connectivity index (χ4v) is 2.54. The predicted molar refractivity (Wildman–Crippen MR) is 88.4 cm³/mol. The minimum Gasteiger partial charge on any atom is -0.356 e. The molecule has 0 radical (unpaired) electrons. The van der Waals surface area contributed by atoms with Crippen molar-refractivity contribution in [2.24, 2.45) is 0 Å². The van der Waals surface area contributed by atoms with Gasteiger partial charge in [-0.3, -0.25) is 4.79 Å². The summed E-state index contributed by atoms with van der Waals surface area (Å²) in [6, 6.07) is 0. The molecule has 1 amide bonds. The van der Waals surface area contributed by atoms with Crippen LogP contribution in [0.15, 0.2) is 0 Å². The molecule has 0 unspecified atom stereocenters. The van der Waals surface area contributed by atoms with Crippen LogP contribution in [0.4, 0.5) is 0 Å². The van der Waals surface area contributed by atoms with Crippen LogP contribution in [-0.4, -0.2) is 16.9 Å². The van der Waals surface area contributed by atoms with Gasteiger partial charge in [-0.2, -0.15) is 0 Å². The van der Waals surface area contributed by atoms with Crippen LogP contribution >= 0.6 is 22.6 Å². The lowest BCUT2D eigenvalue weighted by Gasteiger charge is -2.04. The summed E-state index contributed by atoms with van der Waals surface area (Å²) in [6.07, 6.45) is 13.7. The van der Waals surface area contributed by atoms with Crippen molar-refractivity contribution in [2.45, 2.75) is 77.6 Å². The van der Waals surface area contributed by atoms with Crippen LogP contribution < -0.4 is 5.32 Å². The minimum atomic E-state index is 0.216. The van der Waals surface area contributed by atoms with E-state index in [9.17, 15) is 4.79 Å². The van der Waals surface area contributed by atoms with Crippen molar-refractivity contribution in [2.75, 3.05) is 11.0 Å². The molecule has 2 nitrogen and oxygen atoms in total. The molecule has 0 atom stereocenters. The Morgan fingerprint density at radius 1 is 0.889 bits per heavy atom. The molecule has 0 aliphatic heterocycles. The summed E-state index contributed by atoms with van der Waals surface area (Å²) in [4.78, 5) is 11.2. The second kappa shape index (κ2) is 15.3. The first-order chi connectivity index (χ1) is 8.81. The van der Waals surface area contributed by atoms with Crippen molar-refractivity contribution in [1.29, 1.82) is 0 Å². The summed E-state index contributed by atoms with van der Waals surface area (Å²) in [6.45, 7) is 2.91. The van der Waals surface area contributed by atoms with Crippen LogP contribution in [0, 0.1) is 0 Å². The quantitative estimate of drug-likeness (QED) is 0.281. The van der Waals surface area contributed by atoms with E-state index < -0.39 is 0 Å². The first kappa shape index (κ1) is 18.2. The van der Waals surface area contributed by atoms with Gasteiger partial charge < -0.3 is 5.32 Å². The molecule has 108 valence electrons. The lowest BCUT2D eigenvalue weighted by Crippen LogP contribution is -2.23. The average Bonchev–Trinajstić information content (AvgIpc) is 2.36. The molecule has 0 saturated carbocycles. The lowest BCUT2D eigenvalue weighted by atomic mass is 10.1. The fraction of sp³-hybridized carbons (Fsp3) is 0.933. The highest BCUT2D eigenvalue weighted by molar-refractivity contribution is 14.1. The third kappa shape index (κ3) is 14.3. The molecular weight excluding hydrogens is 337 g/mol. The maximum Gasteiger partial charge on any atom is 0.219 e. The molecule has 0 aromatic rings. The van der Waals surface area contributed by atoms with Gasteiger partial charge >= 0.3 is 0 Å². The van der Waals surface area contributed by atoms with E-state index in [1.165, 1.54) is 55.8 Å². The maximum atomic E-state index is 11.2. The Balaban J connectivity index is 3.01. The van der Waals surface area contributed by atoms with Crippen molar-refractivity contribution < 1.29 is 4.79 Å². The summed E-state index contributed by atoms with van der Waals surface area (Å²) >= 11 is 2.45. The fourth-order valence-electron chi connectivity index (χ4n) is 2.00. The van der Waals surface area contributed by atoms with Gasteiger partial charge in [-0.1, -0.05) is 74.5 Å². The van der Waals surface area contributed by atoms with Gasteiger partial charge in [-0.15, -0.1) is 0 Å². The summed E-state index contributed by atoms with van der Waals surface area (Å²) in [7, 11) is 0. The van der Waals surface area contributed by atoms with Gasteiger partial charge in [0.1, 0.15) is 0 Å². The van der Waals surface area contributed by atoms with E-state index in [0.29, 0.717) is 6.42 Å². The normalized spacial score (nSPS) is 10.6. The second-order valence-electron chi connectivity index (χ2n) is 4.97. The largest absolute Gasteiger partial charge is 0.356 e. The summed E-state index contributed by atoms with van der Waals surface area (Å²) < 4.78 is 1.31. The van der Waals surface area contributed by atoms with Crippen molar-refractivity contribution >= 4 is 28.5 Å². The van der Waals surface area contributed by atoms with Gasteiger partial charge in [0, 0.05) is 13.0 Å². The number of halogens is 1. The molecule has 0 aliphatic rings. The number of carbonyl (C=O) groups is 1. The molecule has 0 bridgehead atoms. The Bertz CT molecular complexity index is 185. The van der Waals surface area contributed by atoms with Crippen molar-refractivity contribution in [1.82, 2.24) is 5.32 Å². The van der Waals surface area contributed by atoms with Crippen LogP contribution in [0.3, 0.4) is 0 Å². The van der Waals surface area contributed by atoms with Gasteiger partial charge in [0.05, 0.1) is 0 Å². The van der Waals surface area contributed by atoms with Gasteiger partial charge in [0.2, 0.25) is 5.91 Å². The summed E-state index contributed by atoms with van der Waals surface area (Å²) in [5.74, 6) is 0.216. The molecule has 0 saturated heterocycles. The molecular formula is C15H30INO. The lowest BCUT2D eigenvalue weighted by molar-refractivity contribution is -0.121. The van der Waals surface area contributed by atoms with Crippen molar-refractivity contribution in [3.8, 4) is 0 Å². The zero-order valence-corrected chi connectivity index (χ0v) is 14.1. The van der Waals surface area contributed by atoms with Crippen LogP contribution in [0.5, 0.6) is 0 Å². The van der Waals surface area contributed by atoms with Gasteiger partial charge in [0.25, 0.3) is 0 Å². The number of amides is 1. The Morgan fingerprint density at radius 2 is 1.39 bits per heavy atom. The average molecular weight is 367 g/mol. The molecule has 0 aromatic heterocycles. The molecule has 0 aromatic carbocycles. The topological polar surface area (TPSA) is 29.1 Å². The second-order valence-corrected chi connectivity index (χ2v) is 6.05. The Kier molecular flexibility index (Phi) is 15.4. The van der Waals surface area contributed by atoms with Crippen LogP contribution in [0.25, 0.3) is 0 Å². The number of rotatable bonds is 13. The zero-order valence-electron chi connectivity index (χ0n) is 12.0. The minimum absolute atomic E-state index is 0.216. The predicted octanol–water partition coefficient (Wildman–Crippen LogP) is 4.85. The number of hydrogen-bond acceptors (Lipinski definition) is 1. The number of alkyl halides is 1. The van der Waals surface area contributed by atoms with Crippen LogP contribution in [0.2, 0.25) is 0 Å². The van der Waals surface area contributed by atoms with E-state index >= 15 is 0 Å². The number of nitrogens with one attached hydrogen (secondary N) is 1. The number of unbranched alkanes of at least 4 members (excludes halogenated alkanes) is 8. The van der Waals surface area contributed by atoms with E-state index in [1.807, 2.05) is 6.92 Å². The van der Waals surface area contributed by atoms with E-state index in [1.54, 1.807) is 0 Å². The zero-order chi connectivity index (χ0) is 13.5. The van der Waals surface area contributed by atoms with E-state index in [2.05, 4.69) is 27.9 Å². The molecule has 18 heavy (non-hydrogen) atoms. The third-order valence-corrected chi connectivity index (χ3v) is 3.87. The smallest absolute Gasteiger partial charge is 0.219 e. The van der Waals surface area contributed by atoms with E-state index in [-0.39, 0.29) is 5.91 Å². The summed E-state index contributed by atoms with van der Waals surface area (Å²) in [5.41, 5.74) is 0. The monoisotopic (exact) mass is 367 g/mol. The molecule has 0 heterocycles. The number of hydrogen-bond donors (Lipinski definition) is 1. The summed E-state index contributed by atoms with van der Waals surface area (Å²) in [5, 5.41) is 2.97. The van der Waals surface area contributed by atoms with Gasteiger partial charge in [-0.05, 0) is 23.7 Å². The Morgan fingerprint density at radius 3 is 1.89 bits per heavy atom.